The highest BCUT2D eigenvalue weighted by Gasteiger charge is 2.40. The summed E-state index contributed by atoms with van der Waals surface area (Å²) in [5, 5.41) is 59.1. The van der Waals surface area contributed by atoms with Crippen molar-refractivity contribution in [2.24, 2.45) is 38.3 Å². The lowest BCUT2D eigenvalue weighted by molar-refractivity contribution is -0.499. The summed E-state index contributed by atoms with van der Waals surface area (Å²) in [6.07, 6.45) is 22.1. The van der Waals surface area contributed by atoms with Crippen molar-refractivity contribution in [3.63, 3.8) is 0 Å². The zero-order chi connectivity index (χ0) is 44.1. The van der Waals surface area contributed by atoms with Crippen molar-refractivity contribution < 1.29 is 29.0 Å². The Hall–Kier alpha value is -5.20. The smallest absolute Gasteiger partial charge is 0.409 e. The first-order valence-electron chi connectivity index (χ1n) is 21.1. The molecular formula is C38H63N11O11. The van der Waals surface area contributed by atoms with Crippen LogP contribution in [0.1, 0.15) is 153 Å². The number of nitriles is 1. The molecule has 0 unspecified atom stereocenters. The topological polar surface area (TPSA) is 356 Å². The number of nitrogens with two attached hydrogens (primary N) is 2. The maximum atomic E-state index is 10.8. The number of rotatable bonds is 14. The molecule has 2 aromatic heterocycles. The summed E-state index contributed by atoms with van der Waals surface area (Å²) >= 11 is 0. The van der Waals surface area contributed by atoms with E-state index in [1.54, 1.807) is 0 Å². The summed E-state index contributed by atoms with van der Waals surface area (Å²) in [6.45, 7) is 0.480. The SMILES string of the molecule is N#CCC1(C[N+](=O)[O-])CCCCC1.N/C(CC1(C[N+](=O)[O-])CCCCC1)=N\O.NCC1(Cc2noc(=O)[nH]2)CCCCC1.O=c1[nH]c(CC2(C[N+](=O)[O-])CCCCC2)no1. The molecule has 60 heavy (non-hydrogen) atoms. The molecule has 2 heterocycles. The van der Waals surface area contributed by atoms with E-state index >= 15 is 0 Å². The first-order valence-corrected chi connectivity index (χ1v) is 21.1. The summed E-state index contributed by atoms with van der Waals surface area (Å²) in [5.41, 5.74) is 10.3. The Morgan fingerprint density at radius 2 is 1.02 bits per heavy atom. The monoisotopic (exact) mass is 849 g/mol. The largest absolute Gasteiger partial charge is 0.438 e. The second-order valence-electron chi connectivity index (χ2n) is 17.5. The Morgan fingerprint density at radius 3 is 1.37 bits per heavy atom. The van der Waals surface area contributed by atoms with E-state index in [2.05, 4.69) is 40.6 Å². The Bertz CT molecular complexity index is 1810. The van der Waals surface area contributed by atoms with Crippen molar-refractivity contribution >= 4 is 5.84 Å². The van der Waals surface area contributed by atoms with Crippen molar-refractivity contribution in [1.29, 1.82) is 5.26 Å². The molecule has 0 saturated heterocycles. The van der Waals surface area contributed by atoms with E-state index in [9.17, 15) is 39.9 Å². The third kappa shape index (κ3) is 16.8. The van der Waals surface area contributed by atoms with Crippen LogP contribution in [0.4, 0.5) is 0 Å². The van der Waals surface area contributed by atoms with Crippen LogP contribution in [0.15, 0.2) is 23.8 Å². The Morgan fingerprint density at radius 1 is 0.667 bits per heavy atom. The highest BCUT2D eigenvalue weighted by atomic mass is 16.6. The van der Waals surface area contributed by atoms with Crippen molar-refractivity contribution in [2.45, 2.75) is 154 Å². The number of hydrogen-bond donors (Lipinski definition) is 5. The van der Waals surface area contributed by atoms with Crippen molar-refractivity contribution in [3.8, 4) is 6.07 Å². The predicted octanol–water partition coefficient (Wildman–Crippen LogP) is 5.42. The molecule has 0 aliphatic heterocycles. The fourth-order valence-electron chi connectivity index (χ4n) is 9.62. The molecule has 4 aliphatic carbocycles. The van der Waals surface area contributed by atoms with Gasteiger partial charge in [-0.3, -0.25) is 49.4 Å². The quantitative estimate of drug-likeness (QED) is 0.0520. The van der Waals surface area contributed by atoms with Crippen LogP contribution >= 0.6 is 0 Å². The minimum atomic E-state index is -0.605. The number of hydrogen-bond acceptors (Lipinski definition) is 16. The molecule has 336 valence electrons. The van der Waals surface area contributed by atoms with Gasteiger partial charge in [0.15, 0.2) is 11.6 Å². The van der Waals surface area contributed by atoms with Crippen LogP contribution in [-0.2, 0) is 12.8 Å². The maximum Gasteiger partial charge on any atom is 0.438 e. The number of aromatic nitrogens is 4. The molecule has 0 atom stereocenters. The van der Waals surface area contributed by atoms with E-state index in [1.165, 1.54) is 19.3 Å². The van der Waals surface area contributed by atoms with Crippen LogP contribution in [-0.4, -0.2) is 72.3 Å². The minimum absolute atomic E-state index is 0.0272. The predicted molar refractivity (Wildman–Crippen MR) is 217 cm³/mol. The number of amidine groups is 1. The number of nitrogens with zero attached hydrogens (tertiary/aromatic N) is 7. The Labute approximate surface area is 347 Å². The first-order chi connectivity index (χ1) is 28.6. The summed E-state index contributed by atoms with van der Waals surface area (Å²) in [5.74, 6) is 0.0601. The van der Waals surface area contributed by atoms with E-state index in [1.807, 2.05) is 0 Å². The number of H-pyrrole nitrogens is 2. The van der Waals surface area contributed by atoms with Crippen molar-refractivity contribution in [1.82, 2.24) is 20.3 Å². The lowest BCUT2D eigenvalue weighted by atomic mass is 9.71. The highest BCUT2D eigenvalue weighted by molar-refractivity contribution is 5.80. The zero-order valence-electron chi connectivity index (χ0n) is 34.6. The second kappa shape index (κ2) is 24.2. The Balaban J connectivity index is 0.000000215. The molecule has 0 radical (unpaired) electrons. The molecule has 4 saturated carbocycles. The first kappa shape index (κ1) is 49.2. The van der Waals surface area contributed by atoms with Crippen LogP contribution in [0, 0.1) is 63.3 Å². The summed E-state index contributed by atoms with van der Waals surface area (Å²) in [7, 11) is 0. The third-order valence-corrected chi connectivity index (χ3v) is 12.7. The van der Waals surface area contributed by atoms with E-state index < -0.39 is 16.9 Å². The minimum Gasteiger partial charge on any atom is -0.409 e. The number of nitro groups is 3. The van der Waals surface area contributed by atoms with Gasteiger partial charge in [0, 0.05) is 56.7 Å². The summed E-state index contributed by atoms with van der Waals surface area (Å²) in [4.78, 5) is 57.7. The van der Waals surface area contributed by atoms with E-state index in [0.717, 1.165) is 116 Å². The van der Waals surface area contributed by atoms with Gasteiger partial charge in [-0.25, -0.2) is 9.59 Å². The van der Waals surface area contributed by atoms with Crippen molar-refractivity contribution in [2.75, 3.05) is 26.2 Å². The van der Waals surface area contributed by atoms with Crippen LogP contribution < -0.4 is 23.0 Å². The molecule has 6 rings (SSSR count). The third-order valence-electron chi connectivity index (χ3n) is 12.7. The number of nitrogens with one attached hydrogen (secondary N) is 2. The molecule has 4 fully saturated rings. The van der Waals surface area contributed by atoms with Gasteiger partial charge < -0.3 is 16.7 Å². The average molecular weight is 850 g/mol. The zero-order valence-corrected chi connectivity index (χ0v) is 34.6. The molecule has 22 nitrogen and oxygen atoms in total. The molecule has 22 heteroatoms. The van der Waals surface area contributed by atoms with Gasteiger partial charge in [0.05, 0.1) is 6.07 Å². The van der Waals surface area contributed by atoms with Gasteiger partial charge in [-0.2, -0.15) is 5.26 Å². The fourth-order valence-corrected chi connectivity index (χ4v) is 9.62. The average Bonchev–Trinajstić information content (AvgIpc) is 3.81. The summed E-state index contributed by atoms with van der Waals surface area (Å²) < 4.78 is 8.92. The van der Waals surface area contributed by atoms with Gasteiger partial charge in [-0.05, 0) is 63.3 Å². The lowest BCUT2D eigenvalue weighted by Gasteiger charge is -2.35. The molecule has 2 aromatic rings. The van der Waals surface area contributed by atoms with E-state index in [-0.39, 0.29) is 56.5 Å². The standard InChI is InChI=1S/C10H15N3O4.C10H17N3O2.C9H17N3O3.C9H14N2O2/c14-9-11-8(12-17-9)6-10(7-13(15)16)4-2-1-3-5-10;11-7-10(4-2-1-3-5-10)6-8-12-9(14)15-13-8;10-8(11-13)6-9(7-12(14)15)4-2-1-3-5-9;10-7-6-9(8-11(12)13)4-2-1-3-5-9/h1-7H2,(H,11,12,14);1-7,11H2,(H,12,13,14);13H,1-7H2,(H2,10,11);1-6,8H2. The summed E-state index contributed by atoms with van der Waals surface area (Å²) in [6, 6.07) is 2.08. The second-order valence-corrected chi connectivity index (χ2v) is 17.5. The molecular weight excluding hydrogens is 786 g/mol. The van der Waals surface area contributed by atoms with Gasteiger partial charge in [0.1, 0.15) is 5.84 Å². The molecule has 0 amide bonds. The lowest BCUT2D eigenvalue weighted by Crippen LogP contribution is -2.36. The van der Waals surface area contributed by atoms with Crippen LogP contribution in [0.25, 0.3) is 0 Å². The molecule has 4 aliphatic rings. The van der Waals surface area contributed by atoms with Crippen molar-refractivity contribution in [3.05, 3.63) is 63.1 Å². The fraction of sp³-hybridized carbons (Fsp3) is 0.842. The van der Waals surface area contributed by atoms with Crippen LogP contribution in [0.3, 0.4) is 0 Å². The molecule has 0 spiro atoms. The van der Waals surface area contributed by atoms with Gasteiger partial charge in [0.25, 0.3) is 0 Å². The molecule has 0 aromatic carbocycles. The van der Waals surface area contributed by atoms with Crippen LogP contribution in [0.2, 0.25) is 0 Å². The van der Waals surface area contributed by atoms with E-state index in [0.29, 0.717) is 37.5 Å². The number of aromatic amines is 2. The highest BCUT2D eigenvalue weighted by Crippen LogP contribution is 2.41. The van der Waals surface area contributed by atoms with E-state index in [4.69, 9.17) is 21.9 Å². The van der Waals surface area contributed by atoms with Gasteiger partial charge in [-0.1, -0.05) is 92.5 Å². The van der Waals surface area contributed by atoms with Crippen LogP contribution in [0.5, 0.6) is 0 Å². The maximum absolute atomic E-state index is 10.8. The Kier molecular flexibility index (Phi) is 19.8. The number of oxime groups is 1. The van der Waals surface area contributed by atoms with Gasteiger partial charge in [0.2, 0.25) is 19.6 Å². The normalized spacial score (nSPS) is 20.2. The molecule has 0 bridgehead atoms. The van der Waals surface area contributed by atoms with Gasteiger partial charge in [-0.15, -0.1) is 0 Å². The van der Waals surface area contributed by atoms with Gasteiger partial charge >= 0.3 is 11.5 Å². The molecule has 7 N–H and O–H groups in total.